The van der Waals surface area contributed by atoms with E-state index < -0.39 is 86.5 Å². The van der Waals surface area contributed by atoms with Gasteiger partial charge in [-0.15, -0.1) is 0 Å². The Kier molecular flexibility index (Phi) is 11.4. The number of alkyl halides is 1. The number of methoxy groups -OCH3 is 1. The second kappa shape index (κ2) is 15.2. The van der Waals surface area contributed by atoms with Crippen LogP contribution in [-0.2, 0) is 37.4 Å². The van der Waals surface area contributed by atoms with Crippen LogP contribution in [0.2, 0.25) is 0 Å². The van der Waals surface area contributed by atoms with Crippen LogP contribution in [0.3, 0.4) is 0 Å². The number of nitrogens with one attached hydrogen (secondary N) is 2. The second-order valence-corrected chi connectivity index (χ2v) is 13.6. The van der Waals surface area contributed by atoms with Crippen LogP contribution >= 0.6 is 7.82 Å². The van der Waals surface area contributed by atoms with Crippen LogP contribution < -0.4 is 32.9 Å². The number of phosphoric ester groups is 1. The topological polar surface area (TPSA) is 275 Å². The molecular formula is C28H40FN9O11P-. The number of hydrogen-bond donors (Lipinski definition) is 4. The van der Waals surface area contributed by atoms with E-state index in [9.17, 15) is 23.8 Å². The summed E-state index contributed by atoms with van der Waals surface area (Å²) in [6, 6.07) is 1.34. The number of carbonyl (C=O) groups is 1. The van der Waals surface area contributed by atoms with E-state index in [-0.39, 0.29) is 42.2 Å². The van der Waals surface area contributed by atoms with Crippen molar-refractivity contribution in [3.63, 3.8) is 0 Å². The molecule has 5 heterocycles. The number of aromatic amines is 1. The predicted molar refractivity (Wildman–Crippen MR) is 170 cm³/mol. The lowest BCUT2D eigenvalue weighted by Crippen LogP contribution is -2.43. The van der Waals surface area contributed by atoms with Crippen LogP contribution in [0.25, 0.3) is 11.2 Å². The number of ether oxygens (including phenoxy) is 4. The molecule has 6 N–H and O–H groups in total. The van der Waals surface area contributed by atoms with Crippen LogP contribution in [0.5, 0.6) is 0 Å². The van der Waals surface area contributed by atoms with Gasteiger partial charge in [-0.1, -0.05) is 0 Å². The van der Waals surface area contributed by atoms with Crippen molar-refractivity contribution in [2.75, 3.05) is 31.7 Å². The Labute approximate surface area is 284 Å². The van der Waals surface area contributed by atoms with Gasteiger partial charge in [0.15, 0.2) is 29.8 Å². The third-order valence-electron chi connectivity index (χ3n) is 7.99. The lowest BCUT2D eigenvalue weighted by Gasteiger charge is -2.31. The van der Waals surface area contributed by atoms with Gasteiger partial charge in [0.1, 0.15) is 24.1 Å². The average Bonchev–Trinajstić information content (AvgIpc) is 3.67. The maximum absolute atomic E-state index is 16.2. The Morgan fingerprint density at radius 3 is 2.50 bits per heavy atom. The van der Waals surface area contributed by atoms with Crippen molar-refractivity contribution >= 4 is 36.7 Å². The van der Waals surface area contributed by atoms with Crippen molar-refractivity contribution < 1.29 is 46.6 Å². The van der Waals surface area contributed by atoms with E-state index in [4.69, 9.17) is 39.5 Å². The number of anilines is 2. The lowest BCUT2D eigenvalue weighted by molar-refractivity contribution is -0.236. The van der Waals surface area contributed by atoms with Crippen LogP contribution in [0, 0.1) is 5.92 Å². The molecule has 3 aromatic rings. The number of imidazole rings is 1. The summed E-state index contributed by atoms with van der Waals surface area (Å²) in [5.41, 5.74) is 9.81. The first-order valence-electron chi connectivity index (χ1n) is 15.7. The zero-order valence-electron chi connectivity index (χ0n) is 27.8. The van der Waals surface area contributed by atoms with Crippen molar-refractivity contribution in [2.45, 2.75) is 89.4 Å². The van der Waals surface area contributed by atoms with E-state index in [0.717, 1.165) is 4.57 Å². The molecule has 0 aromatic carbocycles. The number of amides is 1. The Hall–Kier alpha value is -3.82. The Morgan fingerprint density at radius 2 is 1.84 bits per heavy atom. The first-order chi connectivity index (χ1) is 23.6. The van der Waals surface area contributed by atoms with E-state index in [1.54, 1.807) is 13.8 Å². The molecule has 2 fully saturated rings. The molecule has 2 saturated heterocycles. The summed E-state index contributed by atoms with van der Waals surface area (Å²) in [7, 11) is -3.69. The number of fused-ring (bicyclic) bond motifs is 1. The van der Waals surface area contributed by atoms with E-state index in [1.807, 2.05) is 0 Å². The molecule has 0 saturated carbocycles. The summed E-state index contributed by atoms with van der Waals surface area (Å²) < 4.78 is 64.8. The van der Waals surface area contributed by atoms with Crippen molar-refractivity contribution in [1.29, 1.82) is 0 Å². The number of nitrogens with two attached hydrogens (primary N) is 2. The van der Waals surface area contributed by atoms with Gasteiger partial charge in [-0.2, -0.15) is 9.97 Å². The van der Waals surface area contributed by atoms with E-state index in [0.29, 0.717) is 0 Å². The third kappa shape index (κ3) is 8.21. The molecule has 2 aliphatic rings. The Balaban J connectivity index is 1.35. The number of hydrogen-bond acceptors (Lipinski definition) is 16. The number of carbonyl (C=O) groups excluding carboxylic acids is 1. The number of phosphoric acid groups is 1. The monoisotopic (exact) mass is 728 g/mol. The first-order valence-corrected chi connectivity index (χ1v) is 17.2. The molecule has 0 bridgehead atoms. The summed E-state index contributed by atoms with van der Waals surface area (Å²) in [6.45, 7) is 6.13. The highest BCUT2D eigenvalue weighted by atomic mass is 31.2. The number of H-pyrrole nitrogens is 1. The third-order valence-corrected chi connectivity index (χ3v) is 9.17. The molecular weight excluding hydrogens is 688 g/mol. The van der Waals surface area contributed by atoms with Crippen molar-refractivity contribution in [3.8, 4) is 0 Å². The lowest BCUT2D eigenvalue weighted by atomic mass is 9.95. The van der Waals surface area contributed by atoms with Gasteiger partial charge in [-0.3, -0.25) is 28.3 Å². The van der Waals surface area contributed by atoms with Gasteiger partial charge >= 0.3 is 5.69 Å². The summed E-state index contributed by atoms with van der Waals surface area (Å²) >= 11 is 0. The van der Waals surface area contributed by atoms with Gasteiger partial charge in [0, 0.05) is 32.2 Å². The number of rotatable bonds is 14. The van der Waals surface area contributed by atoms with Crippen LogP contribution in [0.15, 0.2) is 28.2 Å². The number of halogens is 1. The van der Waals surface area contributed by atoms with Crippen molar-refractivity contribution in [1.82, 2.24) is 34.4 Å². The highest BCUT2D eigenvalue weighted by molar-refractivity contribution is 7.45. The maximum atomic E-state index is 16.2. The molecule has 5 rings (SSSR count). The normalized spacial score (nSPS) is 28.1. The fourth-order valence-electron chi connectivity index (χ4n) is 5.84. The molecule has 276 valence electrons. The molecule has 0 radical (unpaired) electrons. The molecule has 3 aromatic heterocycles. The van der Waals surface area contributed by atoms with Gasteiger partial charge in [-0.25, -0.2) is 14.2 Å². The minimum atomic E-state index is -4.95. The Morgan fingerprint density at radius 1 is 1.12 bits per heavy atom. The van der Waals surface area contributed by atoms with Crippen LogP contribution in [-0.4, -0.2) is 98.0 Å². The zero-order valence-corrected chi connectivity index (χ0v) is 28.7. The standard InChI is InChI=1S/C28H41FN9O11P/c1-12(2)45-10-16-14(19(29)25(47-16)38-11-33-20-23(38)35-27(31)36-24(20)40)8-18(39)32-9-15-21(49-50(42,43)48-13(3)4)22(44-5)26(46-15)37-7-6-17(30)34-28(37)41/h6-7,11-16,19,21-22,25-26H,8-10H2,1-5H3,(H,32,39)(H,42,43)(H2,30,34,41)(H3,31,35,36,40)/p-1/t14-,15-,16-,19-,21-,22-,25-,26-/m1/s1. The van der Waals surface area contributed by atoms with Gasteiger partial charge in [-0.05, 0) is 33.8 Å². The SMILES string of the molecule is CO[C@@H]1[C@H](OP(=O)([O-])OC(C)C)[C@@H](CNC(=O)C[C@H]2[C@@H](F)[C@H](n3cnc4c(=O)[nH]c(N)nc43)O[C@@H]2COC(C)C)O[C@H]1n1ccc(N)nc1=O. The Bertz CT molecular complexity index is 1840. The van der Waals surface area contributed by atoms with Gasteiger partial charge < -0.3 is 49.7 Å². The molecule has 1 amide bonds. The molecule has 1 unspecified atom stereocenters. The molecule has 22 heteroatoms. The van der Waals surface area contributed by atoms with Crippen LogP contribution in [0.1, 0.15) is 46.6 Å². The molecule has 20 nitrogen and oxygen atoms in total. The second-order valence-electron chi connectivity index (χ2n) is 12.3. The summed E-state index contributed by atoms with van der Waals surface area (Å²) in [4.78, 5) is 65.2. The first kappa shape index (κ1) is 37.4. The largest absolute Gasteiger partial charge is 0.756 e. The summed E-state index contributed by atoms with van der Waals surface area (Å²) in [6.07, 6.45) is -8.01. The molecule has 0 spiro atoms. The minimum absolute atomic E-state index is 0.00766. The number of aromatic nitrogens is 6. The van der Waals surface area contributed by atoms with Crippen molar-refractivity contribution in [2.24, 2.45) is 5.92 Å². The molecule has 50 heavy (non-hydrogen) atoms. The highest BCUT2D eigenvalue weighted by Gasteiger charge is 2.50. The number of nitrogens with zero attached hydrogens (tertiary/aromatic N) is 5. The fraction of sp³-hybridized carbons (Fsp3) is 0.643. The summed E-state index contributed by atoms with van der Waals surface area (Å²) in [5, 5.41) is 2.64. The van der Waals surface area contributed by atoms with Gasteiger partial charge in [0.2, 0.25) is 11.9 Å². The van der Waals surface area contributed by atoms with Gasteiger partial charge in [0.25, 0.3) is 13.4 Å². The molecule has 0 aliphatic carbocycles. The van der Waals surface area contributed by atoms with Crippen LogP contribution in [0.4, 0.5) is 16.2 Å². The zero-order chi connectivity index (χ0) is 36.5. The predicted octanol–water partition coefficient (Wildman–Crippen LogP) is -0.485. The molecule has 9 atom stereocenters. The number of nitrogen functional groups attached to an aromatic ring is 2. The van der Waals surface area contributed by atoms with E-state index in [2.05, 4.69) is 25.3 Å². The van der Waals surface area contributed by atoms with Gasteiger partial charge in [0.05, 0.1) is 31.2 Å². The van der Waals surface area contributed by atoms with E-state index >= 15 is 4.39 Å². The fourth-order valence-corrected chi connectivity index (χ4v) is 6.96. The van der Waals surface area contributed by atoms with Crippen molar-refractivity contribution in [3.05, 3.63) is 39.4 Å². The minimum Gasteiger partial charge on any atom is -0.756 e. The highest BCUT2D eigenvalue weighted by Crippen LogP contribution is 2.46. The maximum Gasteiger partial charge on any atom is 0.351 e. The average molecular weight is 729 g/mol. The quantitative estimate of drug-likeness (QED) is 0.153. The van der Waals surface area contributed by atoms with E-state index in [1.165, 1.54) is 44.1 Å². The summed E-state index contributed by atoms with van der Waals surface area (Å²) in [5.74, 6) is -1.96. The molecule has 2 aliphatic heterocycles. The smallest absolute Gasteiger partial charge is 0.351 e.